The fraction of sp³-hybridized carbons (Fsp3) is 0.154. The Bertz CT molecular complexity index is 715. The van der Waals surface area contributed by atoms with Crippen LogP contribution in [0, 0.1) is 0 Å². The van der Waals surface area contributed by atoms with Crippen molar-refractivity contribution in [3.63, 3.8) is 0 Å². The van der Waals surface area contributed by atoms with Crippen LogP contribution in [0.4, 0.5) is 0 Å². The maximum atomic E-state index is 6.14. The lowest BCUT2D eigenvalue weighted by Crippen LogP contribution is -1.78. The van der Waals surface area contributed by atoms with E-state index in [4.69, 9.17) is 23.2 Å². The van der Waals surface area contributed by atoms with E-state index in [9.17, 15) is 0 Å². The number of rotatable bonds is 2. The van der Waals surface area contributed by atoms with E-state index in [0.717, 1.165) is 28.8 Å². The summed E-state index contributed by atoms with van der Waals surface area (Å²) in [4.78, 5) is 7.83. The first kappa shape index (κ1) is 12.0. The lowest BCUT2D eigenvalue weighted by molar-refractivity contribution is 1.14. The van der Waals surface area contributed by atoms with Crippen molar-refractivity contribution in [3.05, 3.63) is 38.5 Å². The maximum Gasteiger partial charge on any atom is 0.140 e. The van der Waals surface area contributed by atoms with Crippen LogP contribution in [0.1, 0.15) is 12.5 Å². The van der Waals surface area contributed by atoms with Crippen LogP contribution in [-0.2, 0) is 6.42 Å². The lowest BCUT2D eigenvalue weighted by atomic mass is 10.1. The largest absolute Gasteiger partial charge is 0.338 e. The predicted octanol–water partition coefficient (Wildman–Crippen LogP) is 5.16. The second-order valence-electron chi connectivity index (χ2n) is 4.03. The van der Waals surface area contributed by atoms with Gasteiger partial charge >= 0.3 is 0 Å². The molecule has 2 heterocycles. The number of hydrogen-bond donors (Lipinski definition) is 1. The number of benzene rings is 1. The average Bonchev–Trinajstić information content (AvgIpc) is 2.90. The molecule has 0 amide bonds. The molecule has 0 bridgehead atoms. The van der Waals surface area contributed by atoms with Gasteiger partial charge in [0.1, 0.15) is 10.2 Å². The lowest BCUT2D eigenvalue weighted by Gasteiger charge is -1.94. The van der Waals surface area contributed by atoms with Crippen LogP contribution in [0.15, 0.2) is 24.3 Å². The van der Waals surface area contributed by atoms with Gasteiger partial charge in [0.05, 0.1) is 15.4 Å². The van der Waals surface area contributed by atoms with Crippen molar-refractivity contribution < 1.29 is 0 Å². The summed E-state index contributed by atoms with van der Waals surface area (Å²) in [6, 6.07) is 8.08. The quantitative estimate of drug-likeness (QED) is 0.695. The number of nitrogens with zero attached hydrogens (tertiary/aromatic N) is 1. The topological polar surface area (TPSA) is 28.7 Å². The highest BCUT2D eigenvalue weighted by molar-refractivity contribution is 7.20. The smallest absolute Gasteiger partial charge is 0.140 e. The molecule has 0 atom stereocenters. The summed E-state index contributed by atoms with van der Waals surface area (Å²) < 4.78 is 1.33. The number of nitrogens with one attached hydrogen (secondary N) is 1. The first-order chi connectivity index (χ1) is 8.67. The Morgan fingerprint density at radius 3 is 2.78 bits per heavy atom. The van der Waals surface area contributed by atoms with Crippen molar-refractivity contribution in [3.8, 4) is 11.4 Å². The zero-order valence-corrected chi connectivity index (χ0v) is 12.0. The fourth-order valence-electron chi connectivity index (χ4n) is 1.91. The Hall–Kier alpha value is -1.03. The summed E-state index contributed by atoms with van der Waals surface area (Å²) >= 11 is 13.4. The molecule has 2 nitrogen and oxygen atoms in total. The summed E-state index contributed by atoms with van der Waals surface area (Å²) in [7, 11) is 0. The van der Waals surface area contributed by atoms with Crippen LogP contribution in [0.25, 0.3) is 22.4 Å². The molecule has 0 saturated carbocycles. The molecule has 1 N–H and O–H groups in total. The second-order valence-corrected chi connectivity index (χ2v) is 6.31. The van der Waals surface area contributed by atoms with Crippen LogP contribution in [0.3, 0.4) is 0 Å². The van der Waals surface area contributed by atoms with Gasteiger partial charge in [-0.25, -0.2) is 4.98 Å². The molecule has 0 unspecified atom stereocenters. The summed E-state index contributed by atoms with van der Waals surface area (Å²) in [6.07, 6.45) is 1.01. The number of H-pyrrole nitrogens is 1. The molecular formula is C13H10Cl2N2S. The highest BCUT2D eigenvalue weighted by Crippen LogP contribution is 2.37. The van der Waals surface area contributed by atoms with Gasteiger partial charge in [0.15, 0.2) is 0 Å². The van der Waals surface area contributed by atoms with E-state index < -0.39 is 0 Å². The van der Waals surface area contributed by atoms with Crippen LogP contribution in [0.2, 0.25) is 8.67 Å². The Kier molecular flexibility index (Phi) is 3.06. The molecule has 0 radical (unpaired) electrons. The molecule has 0 aliphatic heterocycles. The van der Waals surface area contributed by atoms with Crippen molar-refractivity contribution in [2.45, 2.75) is 13.3 Å². The van der Waals surface area contributed by atoms with Crippen LogP contribution in [0.5, 0.6) is 0 Å². The minimum atomic E-state index is 0.662. The number of aryl methyl sites for hydroxylation is 1. The molecular weight excluding hydrogens is 287 g/mol. The number of halogens is 2. The highest BCUT2D eigenvalue weighted by atomic mass is 35.5. The number of aromatic amines is 1. The third-order valence-electron chi connectivity index (χ3n) is 2.87. The van der Waals surface area contributed by atoms with Crippen molar-refractivity contribution in [1.29, 1.82) is 0 Å². The van der Waals surface area contributed by atoms with Gasteiger partial charge in [-0.3, -0.25) is 0 Å². The molecule has 3 aromatic rings. The highest BCUT2D eigenvalue weighted by Gasteiger charge is 2.12. The van der Waals surface area contributed by atoms with Gasteiger partial charge in [-0.2, -0.15) is 0 Å². The number of hydrogen-bond acceptors (Lipinski definition) is 2. The third kappa shape index (κ3) is 2.03. The number of aromatic nitrogens is 2. The number of imidazole rings is 1. The van der Waals surface area contributed by atoms with Gasteiger partial charge in [-0.1, -0.05) is 36.2 Å². The van der Waals surface area contributed by atoms with E-state index in [-0.39, 0.29) is 0 Å². The van der Waals surface area contributed by atoms with Crippen molar-refractivity contribution in [1.82, 2.24) is 9.97 Å². The second kappa shape index (κ2) is 4.57. The van der Waals surface area contributed by atoms with Gasteiger partial charge < -0.3 is 4.98 Å². The molecule has 0 aliphatic rings. The van der Waals surface area contributed by atoms with E-state index in [0.29, 0.717) is 8.67 Å². The number of thiophene rings is 1. The molecule has 5 heteroatoms. The molecule has 0 fully saturated rings. The van der Waals surface area contributed by atoms with Crippen LogP contribution >= 0.6 is 34.5 Å². The van der Waals surface area contributed by atoms with Crippen molar-refractivity contribution in [2.24, 2.45) is 0 Å². The SMILES string of the molecule is CCc1ccc2nc(-c3cc(Cl)sc3Cl)[nH]c2c1. The minimum absolute atomic E-state index is 0.662. The summed E-state index contributed by atoms with van der Waals surface area (Å²) in [5.74, 6) is 0.770. The molecule has 18 heavy (non-hydrogen) atoms. The Balaban J connectivity index is 2.16. The van der Waals surface area contributed by atoms with E-state index in [1.807, 2.05) is 12.1 Å². The Morgan fingerprint density at radius 1 is 1.28 bits per heavy atom. The van der Waals surface area contributed by atoms with Gasteiger partial charge in [0.2, 0.25) is 0 Å². The molecule has 0 saturated heterocycles. The van der Waals surface area contributed by atoms with Crippen LogP contribution in [-0.4, -0.2) is 9.97 Å². The standard InChI is InChI=1S/C13H10Cl2N2S/c1-2-7-3-4-9-10(5-7)17-13(16-9)8-6-11(14)18-12(8)15/h3-6H,2H2,1H3,(H,16,17). The maximum absolute atomic E-state index is 6.14. The summed E-state index contributed by atoms with van der Waals surface area (Å²) in [6.45, 7) is 2.13. The van der Waals surface area contributed by atoms with E-state index in [2.05, 4.69) is 29.0 Å². The Morgan fingerprint density at radius 2 is 2.11 bits per heavy atom. The summed E-state index contributed by atoms with van der Waals surface area (Å²) in [5.41, 5.74) is 4.12. The fourth-order valence-corrected chi connectivity index (χ4v) is 3.37. The summed E-state index contributed by atoms with van der Waals surface area (Å²) in [5, 5.41) is 0. The molecule has 0 aliphatic carbocycles. The first-order valence-electron chi connectivity index (χ1n) is 5.61. The average molecular weight is 297 g/mol. The van der Waals surface area contributed by atoms with E-state index >= 15 is 0 Å². The van der Waals surface area contributed by atoms with E-state index in [1.54, 1.807) is 0 Å². The van der Waals surface area contributed by atoms with E-state index in [1.165, 1.54) is 16.9 Å². The zero-order valence-electron chi connectivity index (χ0n) is 9.63. The predicted molar refractivity (Wildman–Crippen MR) is 78.8 cm³/mol. The third-order valence-corrected chi connectivity index (χ3v) is 4.35. The molecule has 3 rings (SSSR count). The normalized spacial score (nSPS) is 11.3. The van der Waals surface area contributed by atoms with Gasteiger partial charge in [-0.05, 0) is 30.2 Å². The Labute approximate surface area is 119 Å². The molecule has 92 valence electrons. The zero-order chi connectivity index (χ0) is 12.7. The van der Waals surface area contributed by atoms with Gasteiger partial charge in [0, 0.05) is 5.56 Å². The van der Waals surface area contributed by atoms with Gasteiger partial charge in [-0.15, -0.1) is 11.3 Å². The minimum Gasteiger partial charge on any atom is -0.338 e. The molecule has 1 aromatic carbocycles. The first-order valence-corrected chi connectivity index (χ1v) is 7.18. The van der Waals surface area contributed by atoms with Crippen molar-refractivity contribution in [2.75, 3.05) is 0 Å². The van der Waals surface area contributed by atoms with Gasteiger partial charge in [0.25, 0.3) is 0 Å². The molecule has 0 spiro atoms. The monoisotopic (exact) mass is 296 g/mol. The van der Waals surface area contributed by atoms with Crippen molar-refractivity contribution >= 4 is 45.6 Å². The molecule has 2 aromatic heterocycles. The number of fused-ring (bicyclic) bond motifs is 1. The van der Waals surface area contributed by atoms with Crippen LogP contribution < -0.4 is 0 Å².